The number of pyridine rings is 1. The van der Waals surface area contributed by atoms with Crippen molar-refractivity contribution in [3.63, 3.8) is 0 Å². The van der Waals surface area contributed by atoms with E-state index in [1.807, 2.05) is 30.3 Å². The maximum atomic E-state index is 12.2. The quantitative estimate of drug-likeness (QED) is 0.405. The van der Waals surface area contributed by atoms with Crippen molar-refractivity contribution >= 4 is 24.0 Å². The van der Waals surface area contributed by atoms with Crippen LogP contribution in [0.4, 0.5) is 5.69 Å². The normalized spacial score (nSPS) is 12.7. The molecular formula is C18H30N4O3S. The van der Waals surface area contributed by atoms with Crippen LogP contribution in [0.1, 0.15) is 44.2 Å². The Bertz CT molecular complexity index is 741. The highest BCUT2D eigenvalue weighted by atomic mass is 32.1. The fraction of sp³-hybridized carbons (Fsp3) is 0.333. The van der Waals surface area contributed by atoms with E-state index in [0.717, 1.165) is 23.4 Å². The summed E-state index contributed by atoms with van der Waals surface area (Å²) in [6.45, 7) is 0. The van der Waals surface area contributed by atoms with Crippen LogP contribution in [0.25, 0.3) is 0 Å². The number of rotatable bonds is 4. The van der Waals surface area contributed by atoms with E-state index in [-0.39, 0.29) is 35.8 Å². The summed E-state index contributed by atoms with van der Waals surface area (Å²) in [7, 11) is 0. The van der Waals surface area contributed by atoms with Gasteiger partial charge < -0.3 is 27.4 Å². The molecule has 1 saturated carbocycles. The summed E-state index contributed by atoms with van der Waals surface area (Å²) < 4.78 is 0. The third-order valence-corrected chi connectivity index (χ3v) is 4.38. The van der Waals surface area contributed by atoms with Gasteiger partial charge in [0.15, 0.2) is 0 Å². The molecular weight excluding hydrogens is 352 g/mol. The topological polar surface area (TPSA) is 167 Å². The molecule has 0 amide bonds. The van der Waals surface area contributed by atoms with Crippen LogP contribution in [-0.4, -0.2) is 27.7 Å². The Morgan fingerprint density at radius 3 is 2.27 bits per heavy atom. The molecule has 0 bridgehead atoms. The van der Waals surface area contributed by atoms with Crippen molar-refractivity contribution in [1.29, 1.82) is 5.41 Å². The van der Waals surface area contributed by atoms with Crippen molar-refractivity contribution in [3.05, 3.63) is 58.0 Å². The molecule has 1 aliphatic carbocycles. The van der Waals surface area contributed by atoms with Crippen LogP contribution in [0.5, 0.6) is 0 Å². The number of nitrogens with one attached hydrogen (secondary N) is 3. The van der Waals surface area contributed by atoms with E-state index >= 15 is 0 Å². The number of aromatic amines is 1. The van der Waals surface area contributed by atoms with Gasteiger partial charge in [0.2, 0.25) is 0 Å². The van der Waals surface area contributed by atoms with Crippen LogP contribution >= 0.6 is 12.6 Å². The van der Waals surface area contributed by atoms with Crippen LogP contribution in [0.3, 0.4) is 0 Å². The predicted octanol–water partition coefficient (Wildman–Crippen LogP) is 2.58. The van der Waals surface area contributed by atoms with Gasteiger partial charge in [0, 0.05) is 22.7 Å². The Morgan fingerprint density at radius 2 is 1.69 bits per heavy atom. The molecule has 0 unspecified atom stereocenters. The van der Waals surface area contributed by atoms with E-state index in [9.17, 15) is 4.79 Å². The van der Waals surface area contributed by atoms with Crippen molar-refractivity contribution < 1.29 is 11.0 Å². The number of H-pyrrole nitrogens is 1. The lowest BCUT2D eigenvalue weighted by Crippen LogP contribution is -2.24. The number of thiol groups is 1. The largest absolute Gasteiger partial charge is 0.412 e. The minimum atomic E-state index is -0.233. The van der Waals surface area contributed by atoms with Gasteiger partial charge in [-0.3, -0.25) is 10.2 Å². The van der Waals surface area contributed by atoms with E-state index in [1.165, 1.54) is 12.8 Å². The van der Waals surface area contributed by atoms with Crippen molar-refractivity contribution in [2.45, 2.75) is 44.0 Å². The Labute approximate surface area is 159 Å². The summed E-state index contributed by atoms with van der Waals surface area (Å²) in [4.78, 5) is 15.8. The first kappa shape index (κ1) is 26.1. The molecule has 0 aliphatic heterocycles. The standard InChI is InChI=1S/C17H19N3OS.CH4.H3N.2H2O/c18-16(11-5-7-13(22)8-6-11)15-14(9-10-19-17(15)21)20-12-3-1-2-4-12;;;;/h5-10,12,18,22H,1-4H2,(H2,19,20,21);1H4;1H3;2*1H2. The van der Waals surface area contributed by atoms with Gasteiger partial charge in [0.25, 0.3) is 5.56 Å². The van der Waals surface area contributed by atoms with E-state index in [1.54, 1.807) is 6.20 Å². The number of hydrogen-bond acceptors (Lipinski definition) is 5. The molecule has 1 heterocycles. The summed E-state index contributed by atoms with van der Waals surface area (Å²) >= 11 is 4.25. The van der Waals surface area contributed by atoms with E-state index in [2.05, 4.69) is 22.9 Å². The average molecular weight is 383 g/mol. The lowest BCUT2D eigenvalue weighted by Gasteiger charge is -2.17. The minimum Gasteiger partial charge on any atom is -0.412 e. The molecule has 1 aromatic carbocycles. The molecule has 0 atom stereocenters. The van der Waals surface area contributed by atoms with Crippen molar-refractivity contribution in [2.24, 2.45) is 0 Å². The lowest BCUT2D eigenvalue weighted by atomic mass is 10.0. The van der Waals surface area contributed by atoms with Gasteiger partial charge in [0.1, 0.15) is 0 Å². The summed E-state index contributed by atoms with van der Waals surface area (Å²) in [6, 6.07) is 9.53. The second-order valence-corrected chi connectivity index (χ2v) is 6.16. The minimum absolute atomic E-state index is 0. The Kier molecular flexibility index (Phi) is 11.5. The average Bonchev–Trinajstić information content (AvgIpc) is 3.01. The number of aromatic nitrogens is 1. The van der Waals surface area contributed by atoms with Gasteiger partial charge in [-0.05, 0) is 31.0 Å². The molecule has 146 valence electrons. The molecule has 1 aliphatic rings. The molecule has 7 nitrogen and oxygen atoms in total. The monoisotopic (exact) mass is 382 g/mol. The Balaban J connectivity index is 0. The van der Waals surface area contributed by atoms with Gasteiger partial charge in [-0.25, -0.2) is 0 Å². The molecule has 0 saturated heterocycles. The summed E-state index contributed by atoms with van der Waals surface area (Å²) in [5.74, 6) is 0. The smallest absolute Gasteiger partial charge is 0.259 e. The van der Waals surface area contributed by atoms with E-state index in [4.69, 9.17) is 5.41 Å². The second-order valence-electron chi connectivity index (χ2n) is 5.64. The number of benzene rings is 1. The van der Waals surface area contributed by atoms with Crippen LogP contribution < -0.4 is 17.0 Å². The molecule has 3 rings (SSSR count). The summed E-state index contributed by atoms with van der Waals surface area (Å²) in [6.07, 6.45) is 6.31. The van der Waals surface area contributed by atoms with Crippen LogP contribution in [-0.2, 0) is 0 Å². The number of anilines is 1. The zero-order valence-electron chi connectivity index (χ0n) is 13.9. The third-order valence-electron chi connectivity index (χ3n) is 4.08. The fourth-order valence-corrected chi connectivity index (χ4v) is 3.06. The summed E-state index contributed by atoms with van der Waals surface area (Å²) in [5.41, 5.74) is 1.86. The first-order valence-electron chi connectivity index (χ1n) is 7.51. The fourth-order valence-electron chi connectivity index (χ4n) is 2.91. The van der Waals surface area contributed by atoms with E-state index in [0.29, 0.717) is 17.2 Å². The van der Waals surface area contributed by atoms with Gasteiger partial charge in [-0.15, -0.1) is 12.6 Å². The van der Waals surface area contributed by atoms with Gasteiger partial charge in [-0.2, -0.15) is 0 Å². The zero-order chi connectivity index (χ0) is 15.5. The molecule has 8 heteroatoms. The maximum absolute atomic E-state index is 12.2. The van der Waals surface area contributed by atoms with Crippen LogP contribution in [0.15, 0.2) is 46.2 Å². The predicted molar refractivity (Wildman–Crippen MR) is 112 cm³/mol. The highest BCUT2D eigenvalue weighted by molar-refractivity contribution is 7.80. The Morgan fingerprint density at radius 1 is 1.12 bits per heavy atom. The van der Waals surface area contributed by atoms with Gasteiger partial charge in [0.05, 0.1) is 17.0 Å². The third kappa shape index (κ3) is 5.70. The van der Waals surface area contributed by atoms with Gasteiger partial charge in [-0.1, -0.05) is 32.4 Å². The summed E-state index contributed by atoms with van der Waals surface area (Å²) in [5, 5.41) is 11.8. The van der Waals surface area contributed by atoms with E-state index < -0.39 is 0 Å². The first-order chi connectivity index (χ1) is 10.6. The molecule has 1 fully saturated rings. The highest BCUT2D eigenvalue weighted by Crippen LogP contribution is 2.24. The van der Waals surface area contributed by atoms with Crippen molar-refractivity contribution in [1.82, 2.24) is 11.1 Å². The SMILES string of the molecule is C.N.N=C(c1ccc(S)cc1)c1c(NC2CCCC2)cc[nH]c1=O.O.O. The molecule has 0 radical (unpaired) electrons. The lowest BCUT2D eigenvalue weighted by molar-refractivity contribution is 0.754. The van der Waals surface area contributed by atoms with Gasteiger partial charge >= 0.3 is 0 Å². The molecule has 10 N–H and O–H groups in total. The first-order valence-corrected chi connectivity index (χ1v) is 7.96. The zero-order valence-corrected chi connectivity index (χ0v) is 14.8. The molecule has 1 aromatic heterocycles. The number of hydrogen-bond donors (Lipinski definition) is 5. The second kappa shape index (κ2) is 11.5. The van der Waals surface area contributed by atoms with Crippen molar-refractivity contribution in [3.8, 4) is 0 Å². The maximum Gasteiger partial charge on any atom is 0.259 e. The molecule has 2 aromatic rings. The molecule has 26 heavy (non-hydrogen) atoms. The van der Waals surface area contributed by atoms with Crippen LogP contribution in [0, 0.1) is 5.41 Å². The Hall–Kier alpha value is -2.13. The molecule has 0 spiro atoms. The van der Waals surface area contributed by atoms with Crippen LogP contribution in [0.2, 0.25) is 0 Å². The van der Waals surface area contributed by atoms with Crippen molar-refractivity contribution in [2.75, 3.05) is 5.32 Å². The highest BCUT2D eigenvalue weighted by Gasteiger charge is 2.19.